The predicted octanol–water partition coefficient (Wildman–Crippen LogP) is 8.62. The Bertz CT molecular complexity index is 1730. The van der Waals surface area contributed by atoms with Crippen LogP contribution in [0.25, 0.3) is 11.4 Å². The zero-order valence-electron chi connectivity index (χ0n) is 34.4. The van der Waals surface area contributed by atoms with Gasteiger partial charge < -0.3 is 20.3 Å². The largest absolute Gasteiger partial charge is 0.481 e. The minimum atomic E-state index is -0.625. The van der Waals surface area contributed by atoms with E-state index >= 15 is 0 Å². The molecule has 2 bridgehead atoms. The summed E-state index contributed by atoms with van der Waals surface area (Å²) in [5.74, 6) is 1.09. The number of nitrogens with two attached hydrogens (primary N) is 1. The van der Waals surface area contributed by atoms with Crippen LogP contribution in [0.15, 0.2) is 42.5 Å². The third-order valence-electron chi connectivity index (χ3n) is 17.2. The second-order valence-electron chi connectivity index (χ2n) is 20.8. The molecule has 292 valence electrons. The van der Waals surface area contributed by atoms with Crippen LogP contribution in [-0.2, 0) is 14.3 Å². The quantitative estimate of drug-likeness (QED) is 0.259. The first-order valence-corrected chi connectivity index (χ1v) is 20.4. The van der Waals surface area contributed by atoms with Gasteiger partial charge in [0.05, 0.1) is 37.9 Å². The van der Waals surface area contributed by atoms with Gasteiger partial charge in [0.15, 0.2) is 5.82 Å². The Labute approximate surface area is 318 Å². The summed E-state index contributed by atoms with van der Waals surface area (Å²) in [6.45, 7) is 26.6. The number of aromatic nitrogens is 4. The van der Waals surface area contributed by atoms with E-state index in [1.54, 1.807) is 12.5 Å². The zero-order chi connectivity index (χ0) is 38.6. The summed E-state index contributed by atoms with van der Waals surface area (Å²) in [5, 5.41) is 16.1. The number of carboxylic acid groups (broad SMARTS) is 1. The maximum Gasteiger partial charge on any atom is 0.307 e. The normalized spacial score (nSPS) is 41.4. The van der Waals surface area contributed by atoms with Crippen molar-refractivity contribution in [1.82, 2.24) is 19.7 Å². The minimum Gasteiger partial charge on any atom is -0.481 e. The molecule has 3 heterocycles. The third kappa shape index (κ3) is 5.47. The van der Waals surface area contributed by atoms with Crippen molar-refractivity contribution in [3.63, 3.8) is 0 Å². The van der Waals surface area contributed by atoms with E-state index in [9.17, 15) is 9.90 Å². The van der Waals surface area contributed by atoms with Crippen LogP contribution in [-0.4, -0.2) is 62.3 Å². The topological polar surface area (TPSA) is 125 Å². The standard InChI is InChI=1S/C44H67N5O4/c1-27(2)28(3)39(7)18-19-41(9)30-14-15-33-40(8)23-52-25-44(33,31(30)16-17-42(41,10)34(39)37(50)51)21-32(35(40)53-24-43(11,45)38(4,5)6)49-36(47-26-48-49)29-13-12-20-46-22-29/h12-13,16,20,22,26-28,30,32-35H,14-15,17-19,21,23-25,45H2,1-11H3,(H,50,51)/t28-,30+,32-,33+,34-,35+,39-,40+,41-,42+,43+,44+/m1/s1. The summed E-state index contributed by atoms with van der Waals surface area (Å²) in [6.07, 6.45) is 13.3. The Kier molecular flexibility index (Phi) is 9.26. The molecule has 53 heavy (non-hydrogen) atoms. The van der Waals surface area contributed by atoms with Gasteiger partial charge in [0, 0.05) is 34.3 Å². The number of hydrogen-bond acceptors (Lipinski definition) is 7. The lowest BCUT2D eigenvalue weighted by Crippen LogP contribution is -2.69. The number of ether oxygens (including phenoxy) is 2. The first kappa shape index (κ1) is 38.6. The van der Waals surface area contributed by atoms with Gasteiger partial charge in [-0.1, -0.05) is 80.9 Å². The molecule has 12 atom stereocenters. The van der Waals surface area contributed by atoms with Crippen LogP contribution in [0.2, 0.25) is 0 Å². The molecular weight excluding hydrogens is 663 g/mol. The highest BCUT2D eigenvalue weighted by Crippen LogP contribution is 2.75. The molecule has 5 aliphatic rings. The fourth-order valence-electron chi connectivity index (χ4n) is 12.8. The summed E-state index contributed by atoms with van der Waals surface area (Å²) in [7, 11) is 0. The molecule has 9 heteroatoms. The Hall–Kier alpha value is -2.62. The van der Waals surface area contributed by atoms with Crippen LogP contribution < -0.4 is 5.73 Å². The summed E-state index contributed by atoms with van der Waals surface area (Å²) in [5.41, 5.74) is 7.37. The number of nitrogens with zero attached hydrogens (tertiary/aromatic N) is 4. The second-order valence-corrected chi connectivity index (χ2v) is 20.8. The summed E-state index contributed by atoms with van der Waals surface area (Å²) in [6, 6.07) is 3.87. The highest BCUT2D eigenvalue weighted by molar-refractivity contribution is 5.73. The van der Waals surface area contributed by atoms with Gasteiger partial charge in [-0.15, -0.1) is 0 Å². The summed E-state index contributed by atoms with van der Waals surface area (Å²) < 4.78 is 16.1. The molecule has 0 aromatic carbocycles. The number of pyridine rings is 1. The van der Waals surface area contributed by atoms with Crippen LogP contribution in [0.3, 0.4) is 0 Å². The Balaban J connectivity index is 1.35. The fourth-order valence-corrected chi connectivity index (χ4v) is 12.8. The van der Waals surface area contributed by atoms with Crippen molar-refractivity contribution in [2.75, 3.05) is 19.8 Å². The van der Waals surface area contributed by atoms with Gasteiger partial charge in [0.2, 0.25) is 0 Å². The molecule has 0 radical (unpaired) electrons. The maximum absolute atomic E-state index is 13.6. The molecule has 0 unspecified atom stereocenters. The molecule has 9 nitrogen and oxygen atoms in total. The summed E-state index contributed by atoms with van der Waals surface area (Å²) >= 11 is 0. The van der Waals surface area contributed by atoms with E-state index in [1.807, 2.05) is 18.3 Å². The molecular formula is C44H67N5O4. The molecule has 3 saturated carbocycles. The van der Waals surface area contributed by atoms with Crippen LogP contribution in [0.5, 0.6) is 0 Å². The molecule has 2 aromatic heterocycles. The zero-order valence-corrected chi connectivity index (χ0v) is 34.4. The van der Waals surface area contributed by atoms with Gasteiger partial charge in [-0.3, -0.25) is 9.78 Å². The number of carbonyl (C=O) groups is 1. The van der Waals surface area contributed by atoms with Crippen LogP contribution in [0, 0.1) is 62.1 Å². The van der Waals surface area contributed by atoms with Crippen molar-refractivity contribution in [1.29, 1.82) is 0 Å². The fraction of sp³-hybridized carbons (Fsp3) is 0.773. The van der Waals surface area contributed by atoms with Gasteiger partial charge in [0.25, 0.3) is 0 Å². The van der Waals surface area contributed by atoms with Crippen molar-refractivity contribution in [3.8, 4) is 11.4 Å². The Morgan fingerprint density at radius 3 is 2.47 bits per heavy atom. The number of rotatable bonds is 8. The molecule has 0 amide bonds. The first-order valence-electron chi connectivity index (χ1n) is 20.4. The van der Waals surface area contributed by atoms with Crippen molar-refractivity contribution in [2.24, 2.45) is 67.8 Å². The number of fused-ring (bicyclic) bond motifs is 3. The number of aliphatic carboxylic acids is 1. The van der Waals surface area contributed by atoms with Gasteiger partial charge in [-0.05, 0) is 103 Å². The molecule has 0 spiro atoms. The average molecular weight is 730 g/mol. The molecule has 2 aromatic rings. The lowest BCUT2D eigenvalue weighted by molar-refractivity contribution is -0.253. The summed E-state index contributed by atoms with van der Waals surface area (Å²) in [4.78, 5) is 22.8. The second kappa shape index (κ2) is 12.7. The van der Waals surface area contributed by atoms with Gasteiger partial charge in [-0.25, -0.2) is 9.67 Å². The van der Waals surface area contributed by atoms with E-state index in [1.165, 1.54) is 5.57 Å². The molecule has 1 saturated heterocycles. The highest BCUT2D eigenvalue weighted by Gasteiger charge is 2.72. The molecule has 1 aliphatic heterocycles. The first-order chi connectivity index (χ1) is 24.7. The molecule has 7 rings (SSSR count). The van der Waals surface area contributed by atoms with Crippen molar-refractivity contribution >= 4 is 5.97 Å². The molecule has 3 N–H and O–H groups in total. The lowest BCUT2D eigenvalue weighted by Gasteiger charge is -2.71. The van der Waals surface area contributed by atoms with Crippen LogP contribution in [0.4, 0.5) is 0 Å². The monoisotopic (exact) mass is 730 g/mol. The van der Waals surface area contributed by atoms with E-state index in [0.29, 0.717) is 37.6 Å². The van der Waals surface area contributed by atoms with Crippen LogP contribution >= 0.6 is 0 Å². The van der Waals surface area contributed by atoms with Crippen LogP contribution in [0.1, 0.15) is 121 Å². The van der Waals surface area contributed by atoms with E-state index < -0.39 is 17.4 Å². The number of carboxylic acids is 1. The van der Waals surface area contributed by atoms with Crippen molar-refractivity contribution < 1.29 is 19.4 Å². The maximum atomic E-state index is 13.6. The van der Waals surface area contributed by atoms with E-state index in [-0.39, 0.29) is 50.6 Å². The van der Waals surface area contributed by atoms with Gasteiger partial charge in [0.1, 0.15) is 6.33 Å². The SMILES string of the molecule is CC(C)[C@@H](C)[C@@]1(C)CC[C@]2(C)[C@H]3CC[C@@H]4[C@@]5(COC[C@]4(C)[C@@H](OC[C@](C)(N)C(C)(C)C)[C@H](n4ncnc4-c4cccnc4)C5)C3=CC[C@@]2(C)[C@@H]1C(=O)O. The highest BCUT2D eigenvalue weighted by atomic mass is 16.5. The predicted molar refractivity (Wildman–Crippen MR) is 208 cm³/mol. The lowest BCUT2D eigenvalue weighted by atomic mass is 9.34. The smallest absolute Gasteiger partial charge is 0.307 e. The molecule has 4 fully saturated rings. The average Bonchev–Trinajstić information content (AvgIpc) is 3.57. The van der Waals surface area contributed by atoms with E-state index in [0.717, 1.165) is 49.9 Å². The van der Waals surface area contributed by atoms with E-state index in [4.69, 9.17) is 25.3 Å². The Morgan fingerprint density at radius 2 is 1.83 bits per heavy atom. The minimum absolute atomic E-state index is 0.123. The van der Waals surface area contributed by atoms with E-state index in [2.05, 4.69) is 91.9 Å². The number of allylic oxidation sites excluding steroid dienone is 1. The van der Waals surface area contributed by atoms with Crippen molar-refractivity contribution in [3.05, 3.63) is 42.5 Å². The molecule has 4 aliphatic carbocycles. The third-order valence-corrected chi connectivity index (χ3v) is 17.2. The number of hydrogen-bond donors (Lipinski definition) is 2. The van der Waals surface area contributed by atoms with Gasteiger partial charge in [-0.2, -0.15) is 5.10 Å². The Morgan fingerprint density at radius 1 is 1.09 bits per heavy atom. The van der Waals surface area contributed by atoms with Gasteiger partial charge >= 0.3 is 5.97 Å². The van der Waals surface area contributed by atoms with Crippen molar-refractivity contribution in [2.45, 2.75) is 132 Å².